The van der Waals surface area contributed by atoms with Crippen LogP contribution in [0.4, 0.5) is 9.52 Å². The molecule has 1 saturated heterocycles. The standard InChI is InChI=1S/C27H21FN2O4S/c1-14-4-5-17(12-15(14)2)24(31)22-23(16-6-9-19(34-3)10-7-16)30(26(33)25(22)32)27-29-20-11-8-18(28)13-21(20)35-27/h4-13,23,31H,1-3H3/b24-22+. The number of hydrogen-bond donors (Lipinski definition) is 1. The predicted octanol–water partition coefficient (Wildman–Crippen LogP) is 5.69. The van der Waals surface area contributed by atoms with Crippen LogP contribution in [0, 0.1) is 19.7 Å². The fourth-order valence-corrected chi connectivity index (χ4v) is 5.18. The van der Waals surface area contributed by atoms with Gasteiger partial charge in [-0.1, -0.05) is 35.6 Å². The molecule has 1 atom stereocenters. The molecule has 1 N–H and O–H groups in total. The molecule has 5 rings (SSSR count). The third-order valence-electron chi connectivity index (χ3n) is 6.20. The van der Waals surface area contributed by atoms with Crippen molar-refractivity contribution in [3.05, 3.63) is 94.3 Å². The molecular weight excluding hydrogens is 467 g/mol. The van der Waals surface area contributed by atoms with E-state index in [-0.39, 0.29) is 16.5 Å². The number of anilines is 1. The van der Waals surface area contributed by atoms with E-state index in [1.807, 2.05) is 19.9 Å². The molecule has 3 aromatic carbocycles. The minimum atomic E-state index is -0.923. The highest BCUT2D eigenvalue weighted by Crippen LogP contribution is 2.44. The molecule has 176 valence electrons. The average molecular weight is 489 g/mol. The summed E-state index contributed by atoms with van der Waals surface area (Å²) in [4.78, 5) is 32.4. The van der Waals surface area contributed by atoms with Gasteiger partial charge in [-0.15, -0.1) is 0 Å². The number of thiazole rings is 1. The number of halogens is 1. The molecule has 8 heteroatoms. The number of aliphatic hydroxyl groups is 1. The SMILES string of the molecule is COc1ccc(C2/C(=C(\O)c3ccc(C)c(C)c3)C(=O)C(=O)N2c2nc3ccc(F)cc3s2)cc1. The molecule has 0 aliphatic carbocycles. The van der Waals surface area contributed by atoms with Crippen molar-refractivity contribution in [3.63, 3.8) is 0 Å². The van der Waals surface area contributed by atoms with Crippen LogP contribution >= 0.6 is 11.3 Å². The van der Waals surface area contributed by atoms with Gasteiger partial charge in [0.25, 0.3) is 5.78 Å². The van der Waals surface area contributed by atoms with Crippen molar-refractivity contribution in [2.75, 3.05) is 12.0 Å². The van der Waals surface area contributed by atoms with Crippen molar-refractivity contribution in [1.82, 2.24) is 4.98 Å². The number of rotatable bonds is 4. The van der Waals surface area contributed by atoms with E-state index in [1.165, 1.54) is 23.1 Å². The van der Waals surface area contributed by atoms with Crippen molar-refractivity contribution in [2.24, 2.45) is 0 Å². The van der Waals surface area contributed by atoms with Gasteiger partial charge in [0.2, 0.25) is 0 Å². The van der Waals surface area contributed by atoms with E-state index in [0.717, 1.165) is 22.5 Å². The van der Waals surface area contributed by atoms with Gasteiger partial charge in [-0.05, 0) is 66.9 Å². The van der Waals surface area contributed by atoms with E-state index in [0.29, 0.717) is 27.1 Å². The number of ether oxygens (including phenoxy) is 1. The smallest absolute Gasteiger partial charge is 0.301 e. The first-order valence-electron chi connectivity index (χ1n) is 10.9. The van der Waals surface area contributed by atoms with Crippen LogP contribution in [0.15, 0.2) is 66.2 Å². The van der Waals surface area contributed by atoms with Crippen LogP contribution in [-0.4, -0.2) is 28.9 Å². The average Bonchev–Trinajstić information content (AvgIpc) is 3.38. The maximum atomic E-state index is 13.8. The molecule has 1 aliphatic heterocycles. The number of carbonyl (C=O) groups excluding carboxylic acids is 2. The fraction of sp³-hybridized carbons (Fsp3) is 0.148. The molecule has 0 saturated carbocycles. The number of aliphatic hydroxyl groups excluding tert-OH is 1. The lowest BCUT2D eigenvalue weighted by atomic mass is 9.94. The van der Waals surface area contributed by atoms with Gasteiger partial charge >= 0.3 is 5.91 Å². The largest absolute Gasteiger partial charge is 0.507 e. The first-order chi connectivity index (χ1) is 16.8. The number of methoxy groups -OCH3 is 1. The van der Waals surface area contributed by atoms with Gasteiger partial charge in [-0.25, -0.2) is 9.37 Å². The number of fused-ring (bicyclic) bond motifs is 1. The number of hydrogen-bond acceptors (Lipinski definition) is 6. The summed E-state index contributed by atoms with van der Waals surface area (Å²) in [5, 5.41) is 11.5. The number of amides is 1. The number of aromatic nitrogens is 1. The molecule has 1 amide bonds. The highest BCUT2D eigenvalue weighted by Gasteiger charge is 2.48. The Morgan fingerprint density at radius 2 is 1.77 bits per heavy atom. The first-order valence-corrected chi connectivity index (χ1v) is 11.7. The van der Waals surface area contributed by atoms with Crippen molar-refractivity contribution in [1.29, 1.82) is 0 Å². The van der Waals surface area contributed by atoms with Crippen LogP contribution in [0.1, 0.15) is 28.3 Å². The predicted molar refractivity (Wildman–Crippen MR) is 133 cm³/mol. The minimum absolute atomic E-state index is 0.0335. The number of Topliss-reactive ketones (excluding diaryl/α,β-unsaturated/α-hetero) is 1. The summed E-state index contributed by atoms with van der Waals surface area (Å²) < 4.78 is 19.6. The summed E-state index contributed by atoms with van der Waals surface area (Å²) >= 11 is 1.11. The summed E-state index contributed by atoms with van der Waals surface area (Å²) in [7, 11) is 1.54. The number of aryl methyl sites for hydroxylation is 2. The Morgan fingerprint density at radius 1 is 1.03 bits per heavy atom. The van der Waals surface area contributed by atoms with Gasteiger partial charge in [0.15, 0.2) is 5.13 Å². The number of nitrogens with zero attached hydrogens (tertiary/aromatic N) is 2. The molecule has 0 spiro atoms. The van der Waals surface area contributed by atoms with Crippen LogP contribution in [-0.2, 0) is 9.59 Å². The molecule has 35 heavy (non-hydrogen) atoms. The molecule has 0 bridgehead atoms. The molecule has 1 aromatic heterocycles. The summed E-state index contributed by atoms with van der Waals surface area (Å²) in [6.45, 7) is 3.86. The lowest BCUT2D eigenvalue weighted by Crippen LogP contribution is -2.29. The molecule has 1 fully saturated rings. The van der Waals surface area contributed by atoms with Gasteiger partial charge in [0, 0.05) is 5.56 Å². The Hall–Kier alpha value is -4.04. The molecule has 4 aromatic rings. The van der Waals surface area contributed by atoms with E-state index < -0.39 is 23.5 Å². The van der Waals surface area contributed by atoms with Crippen molar-refractivity contribution in [3.8, 4) is 5.75 Å². The Labute approximate surface area is 204 Å². The van der Waals surface area contributed by atoms with Crippen molar-refractivity contribution >= 4 is 44.1 Å². The van der Waals surface area contributed by atoms with Crippen LogP contribution < -0.4 is 9.64 Å². The van der Waals surface area contributed by atoms with Crippen LogP contribution in [0.5, 0.6) is 5.75 Å². The molecule has 2 heterocycles. The van der Waals surface area contributed by atoms with Gasteiger partial charge in [-0.2, -0.15) is 0 Å². The zero-order valence-corrected chi connectivity index (χ0v) is 20.0. The van der Waals surface area contributed by atoms with E-state index in [1.54, 1.807) is 43.5 Å². The third kappa shape index (κ3) is 3.85. The van der Waals surface area contributed by atoms with E-state index >= 15 is 0 Å². The van der Waals surface area contributed by atoms with Gasteiger partial charge in [0.1, 0.15) is 17.3 Å². The Kier molecular flexibility index (Phi) is 5.61. The molecule has 1 unspecified atom stereocenters. The second-order valence-electron chi connectivity index (χ2n) is 8.35. The van der Waals surface area contributed by atoms with Crippen molar-refractivity contribution < 1.29 is 23.8 Å². The third-order valence-corrected chi connectivity index (χ3v) is 7.22. The monoisotopic (exact) mass is 488 g/mol. The normalized spacial score (nSPS) is 17.4. The van der Waals surface area contributed by atoms with Crippen LogP contribution in [0.25, 0.3) is 16.0 Å². The highest BCUT2D eigenvalue weighted by atomic mass is 32.1. The Balaban J connectivity index is 1.73. The summed E-state index contributed by atoms with van der Waals surface area (Å²) in [5.74, 6) is -1.70. The minimum Gasteiger partial charge on any atom is -0.507 e. The second kappa shape index (κ2) is 8.63. The number of carbonyl (C=O) groups is 2. The summed E-state index contributed by atoms with van der Waals surface area (Å²) in [5.41, 5.74) is 3.49. The van der Waals surface area contributed by atoms with Gasteiger partial charge in [0.05, 0.1) is 28.9 Å². The lowest BCUT2D eigenvalue weighted by Gasteiger charge is -2.23. The van der Waals surface area contributed by atoms with Crippen LogP contribution in [0.3, 0.4) is 0 Å². The van der Waals surface area contributed by atoms with Gasteiger partial charge in [-0.3, -0.25) is 14.5 Å². The van der Waals surface area contributed by atoms with E-state index in [4.69, 9.17) is 4.74 Å². The summed E-state index contributed by atoms with van der Waals surface area (Å²) in [6.07, 6.45) is 0. The highest BCUT2D eigenvalue weighted by molar-refractivity contribution is 7.22. The maximum absolute atomic E-state index is 13.8. The number of ketones is 1. The topological polar surface area (TPSA) is 79.7 Å². The van der Waals surface area contributed by atoms with E-state index in [2.05, 4.69) is 4.98 Å². The zero-order chi connectivity index (χ0) is 24.9. The molecule has 0 radical (unpaired) electrons. The summed E-state index contributed by atoms with van der Waals surface area (Å²) in [6, 6.07) is 15.5. The van der Waals surface area contributed by atoms with E-state index in [9.17, 15) is 19.1 Å². The van der Waals surface area contributed by atoms with Crippen LogP contribution in [0.2, 0.25) is 0 Å². The van der Waals surface area contributed by atoms with Gasteiger partial charge < -0.3 is 9.84 Å². The number of benzene rings is 3. The molecular formula is C27H21FN2O4S. The molecule has 6 nitrogen and oxygen atoms in total. The Bertz CT molecular complexity index is 1520. The maximum Gasteiger partial charge on any atom is 0.301 e. The molecule has 1 aliphatic rings. The lowest BCUT2D eigenvalue weighted by molar-refractivity contribution is -0.132. The first kappa shape index (κ1) is 22.7. The Morgan fingerprint density at radius 3 is 2.46 bits per heavy atom. The second-order valence-corrected chi connectivity index (χ2v) is 9.36. The fourth-order valence-electron chi connectivity index (χ4n) is 4.16. The quantitative estimate of drug-likeness (QED) is 0.227. The zero-order valence-electron chi connectivity index (χ0n) is 19.2. The van der Waals surface area contributed by atoms with Crippen molar-refractivity contribution in [2.45, 2.75) is 19.9 Å².